The molecule has 7 nitrogen and oxygen atoms in total. The van der Waals surface area contributed by atoms with Gasteiger partial charge in [-0.3, -0.25) is 9.69 Å². The van der Waals surface area contributed by atoms with Gasteiger partial charge in [-0.25, -0.2) is 4.68 Å². The van der Waals surface area contributed by atoms with Crippen LogP contribution in [0.5, 0.6) is 0 Å². The average Bonchev–Trinajstić information content (AvgIpc) is 3.28. The Morgan fingerprint density at radius 3 is 2.58 bits per heavy atom. The van der Waals surface area contributed by atoms with Crippen LogP contribution in [0.2, 0.25) is 5.02 Å². The number of aromatic nitrogens is 2. The average molecular weight is 462 g/mol. The third-order valence-corrected chi connectivity index (χ3v) is 5.62. The van der Waals surface area contributed by atoms with Crippen molar-refractivity contribution in [2.75, 3.05) is 39.4 Å². The van der Waals surface area contributed by atoms with Crippen molar-refractivity contribution in [2.24, 2.45) is 0 Å². The minimum atomic E-state index is -0.403. The summed E-state index contributed by atoms with van der Waals surface area (Å²) in [6.07, 6.45) is 3.40. The van der Waals surface area contributed by atoms with Crippen molar-refractivity contribution in [1.82, 2.24) is 20.0 Å². The lowest BCUT2D eigenvalue weighted by Crippen LogP contribution is -2.41. The molecule has 168 valence electrons. The number of benzene rings is 2. The van der Waals surface area contributed by atoms with Crippen LogP contribution in [0.3, 0.4) is 0 Å². The molecule has 1 saturated heterocycles. The monoisotopic (exact) mass is 461 g/mol. The van der Waals surface area contributed by atoms with E-state index in [1.165, 1.54) is 0 Å². The minimum Gasteiger partial charge on any atom is -0.379 e. The molecule has 33 heavy (non-hydrogen) atoms. The van der Waals surface area contributed by atoms with Crippen LogP contribution in [-0.2, 0) is 9.53 Å². The summed E-state index contributed by atoms with van der Waals surface area (Å²) in [6, 6.07) is 19.0. The third kappa shape index (κ3) is 5.88. The van der Waals surface area contributed by atoms with Crippen LogP contribution < -0.4 is 5.32 Å². The molecule has 1 aliphatic rings. The van der Waals surface area contributed by atoms with Gasteiger partial charge in [-0.15, -0.1) is 0 Å². The Labute approximate surface area is 197 Å². The SMILES string of the molecule is N#C/C(=C\c1cn(-c2ccccc2)nc1-c1ccc(Cl)cc1)C(=O)NCCN1CCOCC1. The number of carbonyl (C=O) groups is 1. The first-order valence-corrected chi connectivity index (χ1v) is 11.1. The number of carbonyl (C=O) groups excluding carboxylic acids is 1. The largest absolute Gasteiger partial charge is 0.379 e. The van der Waals surface area contributed by atoms with Gasteiger partial charge in [0.1, 0.15) is 11.6 Å². The van der Waals surface area contributed by atoms with Gasteiger partial charge in [-0.05, 0) is 30.3 Å². The number of hydrogen-bond acceptors (Lipinski definition) is 5. The van der Waals surface area contributed by atoms with E-state index >= 15 is 0 Å². The van der Waals surface area contributed by atoms with Crippen LogP contribution in [0.25, 0.3) is 23.0 Å². The molecule has 0 aliphatic carbocycles. The van der Waals surface area contributed by atoms with Gasteiger partial charge in [0.25, 0.3) is 5.91 Å². The molecule has 0 atom stereocenters. The first-order chi connectivity index (χ1) is 16.1. The van der Waals surface area contributed by atoms with Crippen molar-refractivity contribution < 1.29 is 9.53 Å². The fourth-order valence-corrected chi connectivity index (χ4v) is 3.72. The van der Waals surface area contributed by atoms with Crippen molar-refractivity contribution >= 4 is 23.6 Å². The highest BCUT2D eigenvalue weighted by atomic mass is 35.5. The quantitative estimate of drug-likeness (QED) is 0.429. The van der Waals surface area contributed by atoms with Crippen LogP contribution in [0.1, 0.15) is 5.56 Å². The van der Waals surface area contributed by atoms with Crippen molar-refractivity contribution in [3.05, 3.63) is 77.0 Å². The summed E-state index contributed by atoms with van der Waals surface area (Å²) in [5.74, 6) is -0.403. The summed E-state index contributed by atoms with van der Waals surface area (Å²) in [4.78, 5) is 14.9. The van der Waals surface area contributed by atoms with Crippen LogP contribution in [0.4, 0.5) is 0 Å². The second-order valence-electron chi connectivity index (χ2n) is 7.60. The highest BCUT2D eigenvalue weighted by Crippen LogP contribution is 2.27. The minimum absolute atomic E-state index is 0.0276. The van der Waals surface area contributed by atoms with Gasteiger partial charge in [0.15, 0.2) is 0 Å². The van der Waals surface area contributed by atoms with Gasteiger partial charge in [0, 0.05) is 48.5 Å². The van der Waals surface area contributed by atoms with Gasteiger partial charge in [0.2, 0.25) is 0 Å². The molecule has 1 aromatic heterocycles. The fourth-order valence-electron chi connectivity index (χ4n) is 3.59. The number of ether oxygens (including phenoxy) is 1. The molecule has 2 aromatic carbocycles. The van der Waals surface area contributed by atoms with Crippen molar-refractivity contribution in [3.8, 4) is 23.0 Å². The number of nitrogens with zero attached hydrogens (tertiary/aromatic N) is 4. The van der Waals surface area contributed by atoms with E-state index in [9.17, 15) is 10.1 Å². The molecule has 0 unspecified atom stereocenters. The molecule has 1 aliphatic heterocycles. The molecule has 2 heterocycles. The molecule has 4 rings (SSSR count). The van der Waals surface area contributed by atoms with E-state index in [-0.39, 0.29) is 5.57 Å². The molecule has 0 spiro atoms. The Hall–Kier alpha value is -3.44. The molecule has 8 heteroatoms. The van der Waals surface area contributed by atoms with Gasteiger partial charge >= 0.3 is 0 Å². The van der Waals surface area contributed by atoms with E-state index in [1.54, 1.807) is 22.9 Å². The first-order valence-electron chi connectivity index (χ1n) is 10.7. The number of halogens is 1. The molecule has 0 saturated carbocycles. The summed E-state index contributed by atoms with van der Waals surface area (Å²) in [6.45, 7) is 4.28. The summed E-state index contributed by atoms with van der Waals surface area (Å²) in [5.41, 5.74) is 3.07. The zero-order valence-electron chi connectivity index (χ0n) is 18.1. The Kier molecular flexibility index (Phi) is 7.53. The fraction of sp³-hybridized carbons (Fsp3) is 0.240. The molecule has 0 radical (unpaired) electrons. The maximum atomic E-state index is 12.7. The van der Waals surface area contributed by atoms with Crippen molar-refractivity contribution in [3.63, 3.8) is 0 Å². The Morgan fingerprint density at radius 2 is 1.88 bits per heavy atom. The van der Waals surface area contributed by atoms with E-state index < -0.39 is 5.91 Å². The molecular weight excluding hydrogens is 438 g/mol. The van der Waals surface area contributed by atoms with Crippen molar-refractivity contribution in [1.29, 1.82) is 5.26 Å². The smallest absolute Gasteiger partial charge is 0.262 e. The lowest BCUT2D eigenvalue weighted by Gasteiger charge is -2.26. The standard InChI is InChI=1S/C25H24ClN5O2/c26-22-8-6-19(7-9-22)24-21(18-31(29-24)23-4-2-1-3-5-23)16-20(17-27)25(32)28-10-11-30-12-14-33-15-13-30/h1-9,16,18H,10-15H2,(H,28,32)/b20-16+. The Balaban J connectivity index is 1.58. The van der Waals surface area contributed by atoms with Crippen LogP contribution >= 0.6 is 11.6 Å². The third-order valence-electron chi connectivity index (χ3n) is 5.36. The summed E-state index contributed by atoms with van der Waals surface area (Å²) >= 11 is 6.05. The maximum Gasteiger partial charge on any atom is 0.262 e. The highest BCUT2D eigenvalue weighted by molar-refractivity contribution is 6.30. The Morgan fingerprint density at radius 1 is 1.15 bits per heavy atom. The topological polar surface area (TPSA) is 83.2 Å². The van der Waals surface area contributed by atoms with E-state index in [2.05, 4.69) is 10.2 Å². The number of amides is 1. The Bertz CT molecular complexity index is 1160. The zero-order chi connectivity index (χ0) is 23.0. The van der Waals surface area contributed by atoms with Crippen molar-refractivity contribution in [2.45, 2.75) is 0 Å². The van der Waals surface area contributed by atoms with Crippen LogP contribution in [-0.4, -0.2) is 60.0 Å². The number of nitriles is 1. The van der Waals surface area contributed by atoms with Crippen LogP contribution in [0, 0.1) is 11.3 Å². The summed E-state index contributed by atoms with van der Waals surface area (Å²) in [7, 11) is 0. The number of para-hydroxylation sites is 1. The van der Waals surface area contributed by atoms with E-state index in [0.717, 1.165) is 30.9 Å². The lowest BCUT2D eigenvalue weighted by atomic mass is 10.1. The number of morpholine rings is 1. The van der Waals surface area contributed by atoms with Gasteiger partial charge in [-0.1, -0.05) is 41.9 Å². The highest BCUT2D eigenvalue weighted by Gasteiger charge is 2.16. The van der Waals surface area contributed by atoms with Gasteiger partial charge < -0.3 is 10.1 Å². The predicted molar refractivity (Wildman–Crippen MR) is 128 cm³/mol. The summed E-state index contributed by atoms with van der Waals surface area (Å²) in [5, 5.41) is 17.9. The second-order valence-corrected chi connectivity index (χ2v) is 8.04. The predicted octanol–water partition coefficient (Wildman–Crippen LogP) is 3.55. The molecule has 1 fully saturated rings. The molecule has 1 N–H and O–H groups in total. The second kappa shape index (κ2) is 10.9. The number of hydrogen-bond donors (Lipinski definition) is 1. The maximum absolute atomic E-state index is 12.7. The van der Waals surface area contributed by atoms with E-state index in [1.807, 2.05) is 54.7 Å². The summed E-state index contributed by atoms with van der Waals surface area (Å²) < 4.78 is 7.08. The van der Waals surface area contributed by atoms with Gasteiger partial charge in [0.05, 0.1) is 24.6 Å². The normalized spacial score (nSPS) is 14.6. The van der Waals surface area contributed by atoms with Crippen LogP contribution in [0.15, 0.2) is 66.4 Å². The molecule has 3 aromatic rings. The molecule has 0 bridgehead atoms. The lowest BCUT2D eigenvalue weighted by molar-refractivity contribution is -0.117. The van der Waals surface area contributed by atoms with E-state index in [4.69, 9.17) is 21.4 Å². The molecular formula is C25H24ClN5O2. The number of rotatable bonds is 7. The molecule has 1 amide bonds. The number of nitrogens with one attached hydrogen (secondary N) is 1. The van der Waals surface area contributed by atoms with E-state index in [0.29, 0.717) is 36.0 Å². The van der Waals surface area contributed by atoms with Gasteiger partial charge in [-0.2, -0.15) is 10.4 Å². The zero-order valence-corrected chi connectivity index (χ0v) is 18.8. The first kappa shape index (κ1) is 22.7.